The first-order valence-electron chi connectivity index (χ1n) is 7.65. The van der Waals surface area contributed by atoms with Gasteiger partial charge in [-0.25, -0.2) is 4.39 Å². The highest BCUT2D eigenvalue weighted by Gasteiger charge is 2.33. The van der Waals surface area contributed by atoms with E-state index in [1.807, 2.05) is 6.07 Å². The monoisotopic (exact) mass is 376 g/mol. The van der Waals surface area contributed by atoms with Crippen molar-refractivity contribution in [1.82, 2.24) is 10.2 Å². The zero-order valence-corrected chi connectivity index (χ0v) is 14.6. The molecule has 0 bridgehead atoms. The summed E-state index contributed by atoms with van der Waals surface area (Å²) in [4.78, 5) is 2.48. The van der Waals surface area contributed by atoms with Crippen LogP contribution in [0, 0.1) is 11.7 Å². The van der Waals surface area contributed by atoms with Gasteiger partial charge in [0.2, 0.25) is 0 Å². The quantitative estimate of drug-likeness (QED) is 0.851. The van der Waals surface area contributed by atoms with E-state index in [-0.39, 0.29) is 24.3 Å². The van der Waals surface area contributed by atoms with Crippen LogP contribution in [0.5, 0.6) is 0 Å². The zero-order valence-electron chi connectivity index (χ0n) is 12.2. The Balaban J connectivity index is 0.00000161. The van der Waals surface area contributed by atoms with Gasteiger partial charge in [-0.2, -0.15) is 0 Å². The van der Waals surface area contributed by atoms with Gasteiger partial charge in [-0.1, -0.05) is 28.8 Å². The van der Waals surface area contributed by atoms with E-state index >= 15 is 0 Å². The molecule has 1 aromatic carbocycles. The molecule has 0 aromatic heterocycles. The minimum atomic E-state index is -0.0522. The highest BCUT2D eigenvalue weighted by Crippen LogP contribution is 2.41. The third-order valence-corrected chi connectivity index (χ3v) is 5.16. The Morgan fingerprint density at radius 2 is 1.86 bits per heavy atom. The molecule has 1 saturated heterocycles. The fourth-order valence-corrected chi connectivity index (χ4v) is 4.10. The minimum absolute atomic E-state index is 0. The summed E-state index contributed by atoms with van der Waals surface area (Å²) >= 11 is 3.50. The number of piperazine rings is 1. The van der Waals surface area contributed by atoms with Gasteiger partial charge in [0.1, 0.15) is 5.82 Å². The number of nitrogens with one attached hydrogen (secondary N) is 1. The predicted octanol–water partition coefficient (Wildman–Crippen LogP) is 4.15. The lowest BCUT2D eigenvalue weighted by Gasteiger charge is -2.38. The summed E-state index contributed by atoms with van der Waals surface area (Å²) in [5.41, 5.74) is 0.883. The molecule has 2 fully saturated rings. The van der Waals surface area contributed by atoms with Gasteiger partial charge in [0, 0.05) is 42.3 Å². The molecule has 1 N–H and O–H groups in total. The summed E-state index contributed by atoms with van der Waals surface area (Å²) in [6, 6.07) is 5.63. The molecule has 1 aliphatic carbocycles. The first-order valence-corrected chi connectivity index (χ1v) is 8.45. The van der Waals surface area contributed by atoms with Crippen molar-refractivity contribution in [2.75, 3.05) is 26.2 Å². The summed E-state index contributed by atoms with van der Waals surface area (Å²) < 4.78 is 15.3. The summed E-state index contributed by atoms with van der Waals surface area (Å²) in [6.45, 7) is 4.07. The Bertz CT molecular complexity index is 460. The van der Waals surface area contributed by atoms with Crippen molar-refractivity contribution in [2.45, 2.75) is 31.7 Å². The maximum Gasteiger partial charge on any atom is 0.128 e. The second-order valence-electron chi connectivity index (χ2n) is 5.94. The van der Waals surface area contributed by atoms with Gasteiger partial charge < -0.3 is 5.32 Å². The van der Waals surface area contributed by atoms with Crippen molar-refractivity contribution >= 4 is 28.3 Å². The molecule has 1 aliphatic heterocycles. The molecule has 21 heavy (non-hydrogen) atoms. The lowest BCUT2D eigenvalue weighted by Crippen LogP contribution is -2.46. The number of nitrogens with zero attached hydrogens (tertiary/aromatic N) is 1. The van der Waals surface area contributed by atoms with Crippen LogP contribution in [-0.4, -0.2) is 31.1 Å². The summed E-state index contributed by atoms with van der Waals surface area (Å²) in [5, 5.41) is 3.39. The van der Waals surface area contributed by atoms with Crippen LogP contribution in [0.4, 0.5) is 4.39 Å². The van der Waals surface area contributed by atoms with E-state index in [2.05, 4.69) is 26.1 Å². The van der Waals surface area contributed by atoms with Crippen LogP contribution < -0.4 is 5.32 Å². The first-order chi connectivity index (χ1) is 9.75. The summed E-state index contributed by atoms with van der Waals surface area (Å²) in [7, 11) is 0. The van der Waals surface area contributed by atoms with Crippen molar-refractivity contribution < 1.29 is 4.39 Å². The van der Waals surface area contributed by atoms with Crippen LogP contribution in [-0.2, 0) is 0 Å². The fourth-order valence-electron chi connectivity index (χ4n) is 3.72. The molecular formula is C16H23BrClFN2. The highest BCUT2D eigenvalue weighted by molar-refractivity contribution is 9.10. The van der Waals surface area contributed by atoms with Gasteiger partial charge in [0.25, 0.3) is 0 Å². The van der Waals surface area contributed by atoms with E-state index in [0.717, 1.165) is 36.2 Å². The Morgan fingerprint density at radius 1 is 1.19 bits per heavy atom. The molecule has 1 heterocycles. The van der Waals surface area contributed by atoms with Crippen molar-refractivity contribution in [3.63, 3.8) is 0 Å². The molecule has 5 heteroatoms. The first kappa shape index (κ1) is 17.2. The molecule has 1 saturated carbocycles. The second kappa shape index (κ2) is 7.91. The Kier molecular flexibility index (Phi) is 6.48. The van der Waals surface area contributed by atoms with Gasteiger partial charge in [0.05, 0.1) is 0 Å². The molecule has 0 spiro atoms. The minimum Gasteiger partial charge on any atom is -0.314 e. The standard InChI is InChI=1S/C16H22BrFN2.ClH/c17-13-5-6-15(18)14(11-13)16(12-3-1-2-4-12)20-9-7-19-8-10-20;/h5-6,11-12,16,19H,1-4,7-10H2;1H/t16-;/m1./s1. The molecule has 1 aromatic rings. The third-order valence-electron chi connectivity index (χ3n) is 4.67. The molecule has 2 aliphatic rings. The molecule has 3 rings (SSSR count). The number of hydrogen-bond donors (Lipinski definition) is 1. The van der Waals surface area contributed by atoms with E-state index in [0.29, 0.717) is 5.92 Å². The molecule has 118 valence electrons. The fraction of sp³-hybridized carbons (Fsp3) is 0.625. The average molecular weight is 378 g/mol. The summed E-state index contributed by atoms with van der Waals surface area (Å²) in [5.74, 6) is 0.556. The van der Waals surface area contributed by atoms with Crippen LogP contribution in [0.1, 0.15) is 37.3 Å². The van der Waals surface area contributed by atoms with Crippen molar-refractivity contribution in [3.8, 4) is 0 Å². The van der Waals surface area contributed by atoms with E-state index in [9.17, 15) is 4.39 Å². The lowest BCUT2D eigenvalue weighted by atomic mass is 9.89. The Hall–Kier alpha value is -0.160. The third kappa shape index (κ3) is 3.98. The summed E-state index contributed by atoms with van der Waals surface area (Å²) in [6.07, 6.45) is 5.06. The number of rotatable bonds is 3. The molecule has 0 unspecified atom stereocenters. The van der Waals surface area contributed by atoms with Crippen LogP contribution in [0.2, 0.25) is 0 Å². The van der Waals surface area contributed by atoms with Gasteiger partial charge in [-0.15, -0.1) is 12.4 Å². The highest BCUT2D eigenvalue weighted by atomic mass is 79.9. The van der Waals surface area contributed by atoms with Gasteiger partial charge in [0.15, 0.2) is 0 Å². The number of halogens is 3. The molecule has 2 nitrogen and oxygen atoms in total. The Morgan fingerprint density at radius 3 is 2.52 bits per heavy atom. The smallest absolute Gasteiger partial charge is 0.128 e. The van der Waals surface area contributed by atoms with Crippen LogP contribution in [0.3, 0.4) is 0 Å². The molecular weight excluding hydrogens is 355 g/mol. The van der Waals surface area contributed by atoms with Crippen LogP contribution in [0.25, 0.3) is 0 Å². The van der Waals surface area contributed by atoms with Gasteiger partial charge >= 0.3 is 0 Å². The normalized spacial score (nSPS) is 22.0. The largest absolute Gasteiger partial charge is 0.314 e. The van der Waals surface area contributed by atoms with E-state index < -0.39 is 0 Å². The van der Waals surface area contributed by atoms with Gasteiger partial charge in [-0.05, 0) is 37.0 Å². The topological polar surface area (TPSA) is 15.3 Å². The number of hydrogen-bond acceptors (Lipinski definition) is 2. The number of benzene rings is 1. The maximum atomic E-state index is 14.4. The zero-order chi connectivity index (χ0) is 13.9. The van der Waals surface area contributed by atoms with Crippen LogP contribution >= 0.6 is 28.3 Å². The van der Waals surface area contributed by atoms with E-state index in [1.165, 1.54) is 25.7 Å². The Labute approximate surface area is 141 Å². The predicted molar refractivity (Wildman–Crippen MR) is 90.5 cm³/mol. The molecule has 0 amide bonds. The SMILES string of the molecule is Cl.Fc1ccc(Br)cc1[C@@H](C1CCCC1)N1CCNCC1. The second-order valence-corrected chi connectivity index (χ2v) is 6.86. The lowest BCUT2D eigenvalue weighted by molar-refractivity contribution is 0.122. The van der Waals surface area contributed by atoms with Crippen molar-refractivity contribution in [1.29, 1.82) is 0 Å². The molecule has 1 atom stereocenters. The average Bonchev–Trinajstić information content (AvgIpc) is 2.98. The molecule has 0 radical (unpaired) electrons. The van der Waals surface area contributed by atoms with E-state index in [1.54, 1.807) is 12.1 Å². The van der Waals surface area contributed by atoms with Crippen molar-refractivity contribution in [2.24, 2.45) is 5.92 Å². The van der Waals surface area contributed by atoms with Crippen molar-refractivity contribution in [3.05, 3.63) is 34.1 Å². The van der Waals surface area contributed by atoms with E-state index in [4.69, 9.17) is 0 Å². The van der Waals surface area contributed by atoms with Crippen LogP contribution in [0.15, 0.2) is 22.7 Å². The van der Waals surface area contributed by atoms with Gasteiger partial charge in [-0.3, -0.25) is 4.90 Å². The maximum absolute atomic E-state index is 14.4.